The summed E-state index contributed by atoms with van der Waals surface area (Å²) in [5, 5.41) is 18.6. The van der Waals surface area contributed by atoms with Crippen LogP contribution >= 0.6 is 11.3 Å². The predicted octanol–water partition coefficient (Wildman–Crippen LogP) is 3.24. The van der Waals surface area contributed by atoms with E-state index < -0.39 is 23.5 Å². The zero-order chi connectivity index (χ0) is 21.4. The molecule has 1 aliphatic heterocycles. The van der Waals surface area contributed by atoms with Gasteiger partial charge in [0.05, 0.1) is 25.8 Å². The zero-order valence-corrected chi connectivity index (χ0v) is 17.1. The van der Waals surface area contributed by atoms with Crippen LogP contribution in [-0.4, -0.2) is 41.2 Å². The van der Waals surface area contributed by atoms with E-state index in [1.54, 1.807) is 31.2 Å². The summed E-state index contributed by atoms with van der Waals surface area (Å²) >= 11 is 1.11. The van der Waals surface area contributed by atoms with Crippen molar-refractivity contribution in [1.29, 1.82) is 0 Å². The lowest BCUT2D eigenvalue weighted by Gasteiger charge is -2.24. The fraction of sp³-hybridized carbons (Fsp3) is 0.200. The van der Waals surface area contributed by atoms with E-state index in [0.29, 0.717) is 22.8 Å². The van der Waals surface area contributed by atoms with Gasteiger partial charge in [-0.05, 0) is 36.8 Å². The summed E-state index contributed by atoms with van der Waals surface area (Å²) in [7, 11) is 2.99. The molecule has 4 rings (SSSR count). The molecule has 154 valence electrons. The number of aromatic nitrogens is 2. The average molecular weight is 427 g/mol. The van der Waals surface area contributed by atoms with E-state index >= 15 is 0 Å². The molecule has 0 radical (unpaired) electrons. The molecule has 1 N–H and O–H groups in total. The Morgan fingerprint density at radius 2 is 1.97 bits per heavy atom. The van der Waals surface area contributed by atoms with Crippen LogP contribution in [0.4, 0.5) is 5.13 Å². The Morgan fingerprint density at radius 1 is 1.20 bits per heavy atom. The van der Waals surface area contributed by atoms with Crippen LogP contribution in [0.2, 0.25) is 0 Å². The first-order chi connectivity index (χ1) is 14.5. The number of methoxy groups -OCH3 is 2. The van der Waals surface area contributed by atoms with Gasteiger partial charge in [0.25, 0.3) is 5.91 Å². The number of Topliss-reactive ketones (excluding diaryl/α,β-unsaturated/α-hetero) is 1. The molecule has 0 fully saturated rings. The number of carbonyl (C=O) groups excluding carboxylic acids is 2. The van der Waals surface area contributed by atoms with Crippen LogP contribution < -0.4 is 14.4 Å². The van der Waals surface area contributed by atoms with Gasteiger partial charge in [0.2, 0.25) is 10.9 Å². The van der Waals surface area contributed by atoms with Crippen LogP contribution in [0.3, 0.4) is 0 Å². The summed E-state index contributed by atoms with van der Waals surface area (Å²) in [6.45, 7) is 1.70. The minimum Gasteiger partial charge on any atom is -0.503 e. The van der Waals surface area contributed by atoms with Crippen LogP contribution in [0, 0.1) is 6.92 Å². The van der Waals surface area contributed by atoms with Crippen molar-refractivity contribution < 1.29 is 28.6 Å². The molecule has 1 unspecified atom stereocenters. The molecule has 1 amide bonds. The third kappa shape index (κ3) is 3.11. The Hall–Kier alpha value is -3.66. The van der Waals surface area contributed by atoms with Crippen LogP contribution in [0.5, 0.6) is 11.5 Å². The maximum atomic E-state index is 13.2. The van der Waals surface area contributed by atoms with Gasteiger partial charge in [-0.2, -0.15) is 0 Å². The monoisotopic (exact) mass is 427 g/mol. The maximum absolute atomic E-state index is 13.2. The Kier molecular flexibility index (Phi) is 5.00. The number of nitrogens with zero attached hydrogens (tertiary/aromatic N) is 3. The molecule has 1 atom stereocenters. The van der Waals surface area contributed by atoms with Gasteiger partial charge in [0.15, 0.2) is 23.0 Å². The molecule has 0 spiro atoms. The number of rotatable bonds is 6. The topological polar surface area (TPSA) is 115 Å². The number of ketones is 1. The van der Waals surface area contributed by atoms with Crippen molar-refractivity contribution in [3.05, 3.63) is 64.3 Å². The molecule has 1 aromatic carbocycles. The number of furan rings is 1. The summed E-state index contributed by atoms with van der Waals surface area (Å²) in [5.41, 5.74) is 1.87. The van der Waals surface area contributed by atoms with Crippen molar-refractivity contribution in [2.45, 2.75) is 13.0 Å². The van der Waals surface area contributed by atoms with Gasteiger partial charge in [0, 0.05) is 0 Å². The lowest BCUT2D eigenvalue weighted by atomic mass is 9.95. The van der Waals surface area contributed by atoms with E-state index in [1.807, 2.05) is 0 Å². The first-order valence-electron chi connectivity index (χ1n) is 8.82. The third-order valence-corrected chi connectivity index (χ3v) is 5.38. The molecule has 30 heavy (non-hydrogen) atoms. The molecular formula is C20H17N3O6S. The first-order valence-corrected chi connectivity index (χ1v) is 9.70. The molecule has 0 saturated heterocycles. The van der Waals surface area contributed by atoms with Crippen LogP contribution in [0.15, 0.2) is 51.6 Å². The number of carbonyl (C=O) groups is 2. The molecule has 3 heterocycles. The molecular weight excluding hydrogens is 410 g/mol. The smallest absolute Gasteiger partial charge is 0.296 e. The number of aliphatic hydroxyl groups is 1. The van der Waals surface area contributed by atoms with Gasteiger partial charge < -0.3 is 19.0 Å². The Bertz CT molecular complexity index is 1150. The highest BCUT2D eigenvalue weighted by Crippen LogP contribution is 2.44. The SMILES string of the molecule is COc1ccc(C2C(C(=O)c3ccc(C)o3)=C(O)C(=O)N2c2nncs2)cc1OC. The fourth-order valence-electron chi connectivity index (χ4n) is 3.33. The minimum absolute atomic E-state index is 0.0199. The maximum Gasteiger partial charge on any atom is 0.296 e. The second-order valence-corrected chi connectivity index (χ2v) is 7.23. The van der Waals surface area contributed by atoms with Gasteiger partial charge in [-0.3, -0.25) is 14.5 Å². The van der Waals surface area contributed by atoms with Crippen molar-refractivity contribution in [1.82, 2.24) is 10.2 Å². The van der Waals surface area contributed by atoms with Crippen molar-refractivity contribution in [3.63, 3.8) is 0 Å². The molecule has 10 heteroatoms. The minimum atomic E-state index is -0.955. The molecule has 9 nitrogen and oxygen atoms in total. The highest BCUT2D eigenvalue weighted by Gasteiger charge is 2.46. The molecule has 0 saturated carbocycles. The van der Waals surface area contributed by atoms with Crippen molar-refractivity contribution in [2.24, 2.45) is 0 Å². The number of hydrogen-bond donors (Lipinski definition) is 1. The highest BCUT2D eigenvalue weighted by atomic mass is 32.1. The lowest BCUT2D eigenvalue weighted by molar-refractivity contribution is -0.117. The number of amides is 1. The number of ether oxygens (including phenoxy) is 2. The van der Waals surface area contributed by atoms with Crippen LogP contribution in [0.25, 0.3) is 0 Å². The van der Waals surface area contributed by atoms with Crippen molar-refractivity contribution in [3.8, 4) is 11.5 Å². The number of aryl methyl sites for hydroxylation is 1. The second kappa shape index (κ2) is 7.64. The molecule has 2 aromatic heterocycles. The number of aliphatic hydroxyl groups excluding tert-OH is 1. The molecule has 0 bridgehead atoms. The van der Waals surface area contributed by atoms with E-state index in [1.165, 1.54) is 30.7 Å². The normalized spacial score (nSPS) is 16.3. The lowest BCUT2D eigenvalue weighted by Crippen LogP contribution is -2.31. The number of hydrogen-bond acceptors (Lipinski definition) is 9. The Labute approximate surface area is 175 Å². The average Bonchev–Trinajstić information content (AvgIpc) is 3.48. The molecule has 0 aliphatic carbocycles. The first kappa shape index (κ1) is 19.6. The largest absolute Gasteiger partial charge is 0.503 e. The fourth-order valence-corrected chi connectivity index (χ4v) is 3.92. The Balaban J connectivity index is 1.89. The summed E-state index contributed by atoms with van der Waals surface area (Å²) in [5.74, 6) is -0.566. The van der Waals surface area contributed by atoms with Crippen molar-refractivity contribution in [2.75, 3.05) is 19.1 Å². The van der Waals surface area contributed by atoms with E-state index in [4.69, 9.17) is 13.9 Å². The van der Waals surface area contributed by atoms with Crippen molar-refractivity contribution >= 4 is 28.2 Å². The summed E-state index contributed by atoms with van der Waals surface area (Å²) in [6, 6.07) is 7.17. The standard InChI is InChI=1S/C20H17N3O6S/c1-10-4-6-13(29-10)17(24)15-16(11-5-7-12(27-2)14(8-11)28-3)23(19(26)18(15)25)20-22-21-9-30-20/h4-9,16,25H,1-3H3. The van der Waals surface area contributed by atoms with E-state index in [0.717, 1.165) is 11.3 Å². The number of benzene rings is 1. The Morgan fingerprint density at radius 3 is 2.57 bits per heavy atom. The zero-order valence-electron chi connectivity index (χ0n) is 16.3. The summed E-state index contributed by atoms with van der Waals surface area (Å²) in [4.78, 5) is 27.4. The molecule has 3 aromatic rings. The van der Waals surface area contributed by atoms with Gasteiger partial charge >= 0.3 is 0 Å². The van der Waals surface area contributed by atoms with Crippen LogP contribution in [0.1, 0.15) is 27.9 Å². The van der Waals surface area contributed by atoms with Crippen LogP contribution in [-0.2, 0) is 4.79 Å². The molecule has 1 aliphatic rings. The van der Waals surface area contributed by atoms with E-state index in [9.17, 15) is 14.7 Å². The highest BCUT2D eigenvalue weighted by molar-refractivity contribution is 7.13. The summed E-state index contributed by atoms with van der Waals surface area (Å²) in [6.07, 6.45) is 0. The summed E-state index contributed by atoms with van der Waals surface area (Å²) < 4.78 is 16.1. The number of anilines is 1. The second-order valence-electron chi connectivity index (χ2n) is 6.42. The quantitative estimate of drug-likeness (QED) is 0.596. The van der Waals surface area contributed by atoms with Gasteiger partial charge in [-0.1, -0.05) is 17.4 Å². The van der Waals surface area contributed by atoms with Gasteiger partial charge in [-0.15, -0.1) is 10.2 Å². The van der Waals surface area contributed by atoms with Gasteiger partial charge in [0.1, 0.15) is 11.3 Å². The van der Waals surface area contributed by atoms with E-state index in [-0.39, 0.29) is 16.5 Å². The van der Waals surface area contributed by atoms with Gasteiger partial charge in [-0.25, -0.2) is 0 Å². The third-order valence-electron chi connectivity index (χ3n) is 4.69. The van der Waals surface area contributed by atoms with E-state index in [2.05, 4.69) is 10.2 Å². The predicted molar refractivity (Wildman–Crippen MR) is 107 cm³/mol.